The molecular formula is C6H10N2. The SMILES string of the molecule is C1=NCCC=NCC1. The molecule has 0 bridgehead atoms. The molecule has 0 atom stereocenters. The van der Waals surface area contributed by atoms with E-state index in [4.69, 9.17) is 0 Å². The smallest absolute Gasteiger partial charge is 0.0434 e. The molecule has 0 unspecified atom stereocenters. The van der Waals surface area contributed by atoms with E-state index in [0.29, 0.717) is 0 Å². The second kappa shape index (κ2) is 3.36. The van der Waals surface area contributed by atoms with E-state index < -0.39 is 0 Å². The Balaban J connectivity index is 2.29. The molecule has 0 N–H and O–H groups in total. The third-order valence-corrected chi connectivity index (χ3v) is 1.03. The summed E-state index contributed by atoms with van der Waals surface area (Å²) in [5.41, 5.74) is 0. The molecule has 1 aliphatic heterocycles. The molecule has 1 rings (SSSR count). The first-order valence-corrected chi connectivity index (χ1v) is 2.97. The standard InChI is InChI=1S/C6H10N2/c1-3-7-5-2-6-8-4-1/h3,6H,1-2,4-5H2. The van der Waals surface area contributed by atoms with E-state index in [0.717, 1.165) is 25.9 Å². The van der Waals surface area contributed by atoms with E-state index in [1.807, 2.05) is 12.4 Å². The van der Waals surface area contributed by atoms with Crippen LogP contribution in [0.4, 0.5) is 0 Å². The van der Waals surface area contributed by atoms with Gasteiger partial charge in [-0.1, -0.05) is 0 Å². The van der Waals surface area contributed by atoms with Crippen molar-refractivity contribution in [2.24, 2.45) is 9.98 Å². The summed E-state index contributed by atoms with van der Waals surface area (Å²) in [4.78, 5) is 8.23. The minimum absolute atomic E-state index is 0.920. The average Bonchev–Trinajstić information content (AvgIpc) is 1.62. The maximum absolute atomic E-state index is 4.11. The van der Waals surface area contributed by atoms with Crippen molar-refractivity contribution in [1.29, 1.82) is 0 Å². The Labute approximate surface area is 49.3 Å². The Bertz CT molecular complexity index is 79.1. The van der Waals surface area contributed by atoms with Gasteiger partial charge < -0.3 is 0 Å². The number of hydrogen-bond acceptors (Lipinski definition) is 2. The van der Waals surface area contributed by atoms with Gasteiger partial charge in [-0.05, 0) is 0 Å². The summed E-state index contributed by atoms with van der Waals surface area (Å²) < 4.78 is 0. The van der Waals surface area contributed by atoms with E-state index in [2.05, 4.69) is 9.98 Å². The molecule has 1 aliphatic rings. The Morgan fingerprint density at radius 3 is 1.88 bits per heavy atom. The minimum Gasteiger partial charge on any atom is -0.297 e. The van der Waals surface area contributed by atoms with Gasteiger partial charge in [0.25, 0.3) is 0 Å². The van der Waals surface area contributed by atoms with Crippen molar-refractivity contribution in [2.45, 2.75) is 12.8 Å². The van der Waals surface area contributed by atoms with Gasteiger partial charge in [0, 0.05) is 38.4 Å². The summed E-state index contributed by atoms with van der Waals surface area (Å²) in [7, 11) is 0. The second-order valence-electron chi connectivity index (χ2n) is 1.75. The largest absolute Gasteiger partial charge is 0.297 e. The molecule has 2 nitrogen and oxygen atoms in total. The average molecular weight is 110 g/mol. The van der Waals surface area contributed by atoms with Gasteiger partial charge >= 0.3 is 0 Å². The van der Waals surface area contributed by atoms with E-state index in [1.54, 1.807) is 0 Å². The van der Waals surface area contributed by atoms with Crippen LogP contribution in [0.1, 0.15) is 12.8 Å². The zero-order chi connectivity index (χ0) is 5.66. The van der Waals surface area contributed by atoms with Crippen molar-refractivity contribution in [3.63, 3.8) is 0 Å². The molecule has 44 valence electrons. The van der Waals surface area contributed by atoms with Crippen molar-refractivity contribution in [3.8, 4) is 0 Å². The lowest BCUT2D eigenvalue weighted by Gasteiger charge is -1.92. The van der Waals surface area contributed by atoms with Crippen LogP contribution in [-0.4, -0.2) is 25.5 Å². The van der Waals surface area contributed by atoms with Crippen molar-refractivity contribution in [2.75, 3.05) is 13.1 Å². The van der Waals surface area contributed by atoms with E-state index in [-0.39, 0.29) is 0 Å². The summed E-state index contributed by atoms with van der Waals surface area (Å²) in [6.07, 6.45) is 5.93. The van der Waals surface area contributed by atoms with Gasteiger partial charge in [-0.25, -0.2) is 0 Å². The molecule has 0 fully saturated rings. The van der Waals surface area contributed by atoms with Crippen LogP contribution < -0.4 is 0 Å². The van der Waals surface area contributed by atoms with Crippen LogP contribution in [0.25, 0.3) is 0 Å². The van der Waals surface area contributed by atoms with Crippen molar-refractivity contribution in [1.82, 2.24) is 0 Å². The van der Waals surface area contributed by atoms with Crippen LogP contribution in [0.2, 0.25) is 0 Å². The van der Waals surface area contributed by atoms with Crippen molar-refractivity contribution in [3.05, 3.63) is 0 Å². The number of hydrogen-bond donors (Lipinski definition) is 0. The highest BCUT2D eigenvalue weighted by Gasteiger charge is 1.83. The lowest BCUT2D eigenvalue weighted by Crippen LogP contribution is -1.91. The number of rotatable bonds is 0. The molecule has 8 heavy (non-hydrogen) atoms. The molecule has 0 radical (unpaired) electrons. The van der Waals surface area contributed by atoms with Crippen LogP contribution in [-0.2, 0) is 0 Å². The van der Waals surface area contributed by atoms with Crippen LogP contribution in [0, 0.1) is 0 Å². The van der Waals surface area contributed by atoms with Gasteiger partial charge in [0.2, 0.25) is 0 Å². The first kappa shape index (κ1) is 5.48. The third-order valence-electron chi connectivity index (χ3n) is 1.03. The van der Waals surface area contributed by atoms with E-state index >= 15 is 0 Å². The van der Waals surface area contributed by atoms with Gasteiger partial charge in [0.05, 0.1) is 0 Å². The Kier molecular flexibility index (Phi) is 2.30. The van der Waals surface area contributed by atoms with Crippen LogP contribution in [0.15, 0.2) is 9.98 Å². The van der Waals surface area contributed by atoms with Crippen molar-refractivity contribution < 1.29 is 0 Å². The minimum atomic E-state index is 0.920. The molecule has 1 heterocycles. The zero-order valence-electron chi connectivity index (χ0n) is 4.88. The van der Waals surface area contributed by atoms with Crippen molar-refractivity contribution >= 4 is 12.4 Å². The van der Waals surface area contributed by atoms with E-state index in [9.17, 15) is 0 Å². The van der Waals surface area contributed by atoms with Gasteiger partial charge in [0.15, 0.2) is 0 Å². The van der Waals surface area contributed by atoms with Gasteiger partial charge in [-0.3, -0.25) is 9.98 Å². The monoisotopic (exact) mass is 110 g/mol. The highest BCUT2D eigenvalue weighted by molar-refractivity contribution is 5.62. The molecule has 0 saturated heterocycles. The molecule has 0 aromatic carbocycles. The number of aliphatic imine (C=N–C) groups is 2. The predicted octanol–water partition coefficient (Wildman–Crippen LogP) is 0.922. The third kappa shape index (κ3) is 1.87. The Hall–Kier alpha value is -0.660. The fourth-order valence-corrected chi connectivity index (χ4v) is 0.630. The van der Waals surface area contributed by atoms with Crippen LogP contribution in [0.5, 0.6) is 0 Å². The molecule has 0 saturated carbocycles. The predicted molar refractivity (Wildman–Crippen MR) is 36.0 cm³/mol. The Morgan fingerprint density at radius 1 is 0.875 bits per heavy atom. The van der Waals surface area contributed by atoms with Gasteiger partial charge in [-0.2, -0.15) is 0 Å². The highest BCUT2D eigenvalue weighted by atomic mass is 14.8. The van der Waals surface area contributed by atoms with Crippen LogP contribution >= 0.6 is 0 Å². The lowest BCUT2D eigenvalue weighted by molar-refractivity contribution is 0.978. The summed E-state index contributed by atoms with van der Waals surface area (Å²) in [5.74, 6) is 0. The molecule has 0 aromatic rings. The summed E-state index contributed by atoms with van der Waals surface area (Å²) in [6, 6.07) is 0. The van der Waals surface area contributed by atoms with Gasteiger partial charge in [0.1, 0.15) is 0 Å². The molecular weight excluding hydrogens is 100 g/mol. The topological polar surface area (TPSA) is 24.7 Å². The maximum Gasteiger partial charge on any atom is 0.0434 e. The summed E-state index contributed by atoms with van der Waals surface area (Å²) in [5, 5.41) is 0. The quantitative estimate of drug-likeness (QED) is 0.443. The van der Waals surface area contributed by atoms with Gasteiger partial charge in [-0.15, -0.1) is 0 Å². The molecule has 0 amide bonds. The fourth-order valence-electron chi connectivity index (χ4n) is 0.630. The fraction of sp³-hybridized carbons (Fsp3) is 0.667. The Morgan fingerprint density at radius 2 is 1.38 bits per heavy atom. The summed E-state index contributed by atoms with van der Waals surface area (Å²) in [6.45, 7) is 1.84. The molecule has 2 heteroatoms. The number of nitrogens with zero attached hydrogens (tertiary/aromatic N) is 2. The highest BCUT2D eigenvalue weighted by Crippen LogP contribution is 1.84. The second-order valence-corrected chi connectivity index (χ2v) is 1.75. The lowest BCUT2D eigenvalue weighted by atomic mass is 10.4. The maximum atomic E-state index is 4.11. The molecule has 0 aromatic heterocycles. The molecule has 0 spiro atoms. The summed E-state index contributed by atoms with van der Waals surface area (Å²) >= 11 is 0. The first-order chi connectivity index (χ1) is 4.00. The molecule has 0 aliphatic carbocycles. The van der Waals surface area contributed by atoms with Crippen LogP contribution in [0.3, 0.4) is 0 Å². The zero-order valence-corrected chi connectivity index (χ0v) is 4.88. The first-order valence-electron chi connectivity index (χ1n) is 2.97. The normalized spacial score (nSPS) is 20.0. The van der Waals surface area contributed by atoms with E-state index in [1.165, 1.54) is 0 Å².